The number of nitrogens with zero attached hydrogens (tertiary/aromatic N) is 3. The first-order valence-corrected chi connectivity index (χ1v) is 8.99. The third-order valence-electron chi connectivity index (χ3n) is 4.50. The number of thiophene rings is 1. The van der Waals surface area contributed by atoms with Crippen LogP contribution < -0.4 is 5.32 Å². The Bertz CT molecular complexity index is 1040. The largest absolute Gasteiger partial charge is 0.336 e. The normalized spacial score (nSPS) is 13.5. The van der Waals surface area contributed by atoms with Crippen LogP contribution in [0.4, 0.5) is 5.00 Å². The van der Waals surface area contributed by atoms with Gasteiger partial charge in [0.2, 0.25) is 0 Å². The van der Waals surface area contributed by atoms with E-state index in [9.17, 15) is 10.1 Å². The molecule has 6 nitrogen and oxygen atoms in total. The molecule has 0 bridgehead atoms. The Balaban J connectivity index is 1.76. The number of amides is 1. The standard InChI is InChI=1S/C18H16N4O2S/c1-9-7-12(15-10(2)22-24-17(15)20-9)16(23)21-18-13(8-19)11-5-3-4-6-14(11)25-18/h7H,3-6H2,1-2H3,(H,21,23). The molecule has 1 aliphatic carbocycles. The lowest BCUT2D eigenvalue weighted by Crippen LogP contribution is -2.13. The molecule has 1 amide bonds. The van der Waals surface area contributed by atoms with Crippen molar-refractivity contribution in [2.75, 3.05) is 5.32 Å². The summed E-state index contributed by atoms with van der Waals surface area (Å²) in [6, 6.07) is 3.99. The van der Waals surface area contributed by atoms with Crippen molar-refractivity contribution >= 4 is 33.3 Å². The van der Waals surface area contributed by atoms with Gasteiger partial charge < -0.3 is 9.84 Å². The molecule has 0 atom stereocenters. The van der Waals surface area contributed by atoms with E-state index in [1.165, 1.54) is 16.2 Å². The number of aromatic nitrogens is 2. The molecule has 0 fully saturated rings. The highest BCUT2D eigenvalue weighted by atomic mass is 32.1. The van der Waals surface area contributed by atoms with Gasteiger partial charge >= 0.3 is 0 Å². The van der Waals surface area contributed by atoms with Crippen molar-refractivity contribution < 1.29 is 9.32 Å². The summed E-state index contributed by atoms with van der Waals surface area (Å²) in [5, 5.41) is 17.6. The Kier molecular flexibility index (Phi) is 3.77. The zero-order valence-corrected chi connectivity index (χ0v) is 14.8. The fourth-order valence-electron chi connectivity index (χ4n) is 3.34. The van der Waals surface area contributed by atoms with Crippen molar-refractivity contribution in [2.45, 2.75) is 39.5 Å². The highest BCUT2D eigenvalue weighted by molar-refractivity contribution is 7.16. The van der Waals surface area contributed by atoms with Crippen LogP contribution in [-0.2, 0) is 12.8 Å². The number of hydrogen-bond acceptors (Lipinski definition) is 6. The van der Waals surface area contributed by atoms with Crippen LogP contribution in [0.5, 0.6) is 0 Å². The first kappa shape index (κ1) is 15.8. The Morgan fingerprint density at radius 2 is 2.16 bits per heavy atom. The van der Waals surface area contributed by atoms with E-state index in [1.807, 2.05) is 0 Å². The van der Waals surface area contributed by atoms with Crippen LogP contribution in [0.2, 0.25) is 0 Å². The number of fused-ring (bicyclic) bond motifs is 2. The topological polar surface area (TPSA) is 91.8 Å². The highest BCUT2D eigenvalue weighted by Gasteiger charge is 2.24. The zero-order chi connectivity index (χ0) is 17.6. The fraction of sp³-hybridized carbons (Fsp3) is 0.333. The van der Waals surface area contributed by atoms with Crippen molar-refractivity contribution in [3.05, 3.63) is 39.0 Å². The fourth-order valence-corrected chi connectivity index (χ4v) is 4.57. The van der Waals surface area contributed by atoms with E-state index in [4.69, 9.17) is 4.52 Å². The first-order valence-electron chi connectivity index (χ1n) is 8.18. The van der Waals surface area contributed by atoms with E-state index in [1.54, 1.807) is 19.9 Å². The van der Waals surface area contributed by atoms with E-state index in [2.05, 4.69) is 21.5 Å². The number of pyridine rings is 1. The second-order valence-electron chi connectivity index (χ2n) is 6.24. The van der Waals surface area contributed by atoms with Gasteiger partial charge in [0.25, 0.3) is 11.6 Å². The molecule has 0 saturated heterocycles. The van der Waals surface area contributed by atoms with E-state index in [-0.39, 0.29) is 5.91 Å². The second kappa shape index (κ2) is 5.97. The van der Waals surface area contributed by atoms with Gasteiger partial charge in [-0.2, -0.15) is 5.26 Å². The summed E-state index contributed by atoms with van der Waals surface area (Å²) in [6.45, 7) is 3.59. The van der Waals surface area contributed by atoms with Gasteiger partial charge in [0, 0.05) is 10.6 Å². The number of nitriles is 1. The van der Waals surface area contributed by atoms with Crippen LogP contribution in [-0.4, -0.2) is 16.0 Å². The minimum atomic E-state index is -0.267. The number of aryl methyl sites for hydroxylation is 3. The summed E-state index contributed by atoms with van der Waals surface area (Å²) in [7, 11) is 0. The van der Waals surface area contributed by atoms with Gasteiger partial charge in [0.1, 0.15) is 11.1 Å². The van der Waals surface area contributed by atoms with Crippen LogP contribution in [0.25, 0.3) is 11.1 Å². The maximum Gasteiger partial charge on any atom is 0.258 e. The molecule has 0 spiro atoms. The predicted molar refractivity (Wildman–Crippen MR) is 94.9 cm³/mol. The Morgan fingerprint density at radius 3 is 2.96 bits per heavy atom. The monoisotopic (exact) mass is 352 g/mol. The number of rotatable bonds is 2. The van der Waals surface area contributed by atoms with Gasteiger partial charge in [-0.1, -0.05) is 5.16 Å². The van der Waals surface area contributed by atoms with Gasteiger partial charge in [-0.05, 0) is 51.2 Å². The van der Waals surface area contributed by atoms with Crippen LogP contribution >= 0.6 is 11.3 Å². The molecule has 1 N–H and O–H groups in total. The van der Waals surface area contributed by atoms with E-state index < -0.39 is 0 Å². The SMILES string of the molecule is Cc1cc(C(=O)Nc2sc3c(c2C#N)CCCC3)c2c(C)noc2n1. The summed E-state index contributed by atoms with van der Waals surface area (Å²) in [4.78, 5) is 18.4. The van der Waals surface area contributed by atoms with Gasteiger partial charge in [-0.3, -0.25) is 4.79 Å². The smallest absolute Gasteiger partial charge is 0.258 e. The number of nitrogens with one attached hydrogen (secondary N) is 1. The molecular weight excluding hydrogens is 336 g/mol. The van der Waals surface area contributed by atoms with Gasteiger partial charge in [0.05, 0.1) is 22.2 Å². The number of carbonyl (C=O) groups excluding carboxylic acids is 1. The van der Waals surface area contributed by atoms with Crippen molar-refractivity contribution in [2.24, 2.45) is 0 Å². The molecule has 0 aliphatic heterocycles. The lowest BCUT2D eigenvalue weighted by molar-refractivity contribution is 0.102. The third-order valence-corrected chi connectivity index (χ3v) is 5.71. The Labute approximate surface area is 148 Å². The van der Waals surface area contributed by atoms with Crippen LogP contribution in [0.1, 0.15) is 50.6 Å². The molecule has 0 radical (unpaired) electrons. The first-order chi connectivity index (χ1) is 12.1. The highest BCUT2D eigenvalue weighted by Crippen LogP contribution is 2.38. The summed E-state index contributed by atoms with van der Waals surface area (Å²) in [5.74, 6) is -0.267. The van der Waals surface area contributed by atoms with Gasteiger partial charge in [0.15, 0.2) is 0 Å². The molecule has 3 aromatic heterocycles. The van der Waals surface area contributed by atoms with E-state index >= 15 is 0 Å². The minimum Gasteiger partial charge on any atom is -0.336 e. The van der Waals surface area contributed by atoms with Crippen molar-refractivity contribution in [3.63, 3.8) is 0 Å². The Hall–Kier alpha value is -2.72. The van der Waals surface area contributed by atoms with Crippen LogP contribution in [0, 0.1) is 25.2 Å². The Morgan fingerprint density at radius 1 is 1.36 bits per heavy atom. The molecule has 126 valence electrons. The maximum absolute atomic E-state index is 12.9. The van der Waals surface area contributed by atoms with Crippen molar-refractivity contribution in [3.8, 4) is 6.07 Å². The lowest BCUT2D eigenvalue weighted by atomic mass is 9.96. The number of hydrogen-bond donors (Lipinski definition) is 1. The zero-order valence-electron chi connectivity index (χ0n) is 14.0. The van der Waals surface area contributed by atoms with Gasteiger partial charge in [-0.15, -0.1) is 11.3 Å². The number of anilines is 1. The minimum absolute atomic E-state index is 0.267. The quantitative estimate of drug-likeness (QED) is 0.755. The molecule has 0 unspecified atom stereocenters. The molecule has 1 aliphatic rings. The maximum atomic E-state index is 12.9. The molecule has 4 rings (SSSR count). The number of carbonyl (C=O) groups is 1. The molecule has 0 saturated carbocycles. The molecule has 0 aromatic carbocycles. The third kappa shape index (κ3) is 2.59. The van der Waals surface area contributed by atoms with Crippen LogP contribution in [0.3, 0.4) is 0 Å². The molecule has 3 aromatic rings. The average molecular weight is 352 g/mol. The second-order valence-corrected chi connectivity index (χ2v) is 7.35. The van der Waals surface area contributed by atoms with Gasteiger partial charge in [-0.25, -0.2) is 4.98 Å². The molecule has 7 heteroatoms. The summed E-state index contributed by atoms with van der Waals surface area (Å²) in [6.07, 6.45) is 4.12. The van der Waals surface area contributed by atoms with E-state index in [0.717, 1.165) is 31.2 Å². The lowest BCUT2D eigenvalue weighted by Gasteiger charge is -2.09. The van der Waals surface area contributed by atoms with Crippen molar-refractivity contribution in [1.82, 2.24) is 10.1 Å². The summed E-state index contributed by atoms with van der Waals surface area (Å²) < 4.78 is 5.19. The summed E-state index contributed by atoms with van der Waals surface area (Å²) in [5.41, 5.74) is 3.84. The molecular formula is C18H16N4O2S. The van der Waals surface area contributed by atoms with Crippen LogP contribution in [0.15, 0.2) is 10.6 Å². The van der Waals surface area contributed by atoms with E-state index in [0.29, 0.717) is 38.6 Å². The molecule has 3 heterocycles. The van der Waals surface area contributed by atoms with Crippen molar-refractivity contribution in [1.29, 1.82) is 5.26 Å². The summed E-state index contributed by atoms with van der Waals surface area (Å²) >= 11 is 1.52. The predicted octanol–water partition coefficient (Wildman–Crippen LogP) is 3.90. The molecule has 25 heavy (non-hydrogen) atoms. The average Bonchev–Trinajstić information content (AvgIpc) is 3.14.